The normalized spacial score (nSPS) is 26.0. The molecule has 0 aliphatic carbocycles. The van der Waals surface area contributed by atoms with Crippen LogP contribution in [-0.2, 0) is 10.2 Å². The Labute approximate surface area is 217 Å². The molecule has 2 aromatic rings. The number of fused-ring (bicyclic) bond motifs is 3. The monoisotopic (exact) mass is 523 g/mol. The van der Waals surface area contributed by atoms with Gasteiger partial charge in [0.2, 0.25) is 0 Å². The Morgan fingerprint density at radius 1 is 1.27 bits per heavy atom. The Morgan fingerprint density at radius 3 is 2.62 bits per heavy atom. The molecule has 12 heteroatoms. The van der Waals surface area contributed by atoms with Crippen LogP contribution in [0, 0.1) is 17.2 Å². The van der Waals surface area contributed by atoms with Crippen molar-refractivity contribution in [1.29, 1.82) is 5.26 Å². The van der Waals surface area contributed by atoms with Crippen molar-refractivity contribution in [1.82, 2.24) is 18.6 Å². The van der Waals surface area contributed by atoms with E-state index in [2.05, 4.69) is 20.9 Å². The smallest absolute Gasteiger partial charge is 0.282 e. The summed E-state index contributed by atoms with van der Waals surface area (Å²) >= 11 is 0. The molecule has 3 fully saturated rings. The number of hydrogen-bond acceptors (Lipinski definition) is 8. The second-order valence-corrected chi connectivity index (χ2v) is 12.1. The van der Waals surface area contributed by atoms with Crippen molar-refractivity contribution >= 4 is 38.6 Å². The third kappa shape index (κ3) is 4.86. The summed E-state index contributed by atoms with van der Waals surface area (Å²) in [5.74, 6) is 1.23. The largest absolute Gasteiger partial charge is 0.402 e. The van der Waals surface area contributed by atoms with Crippen molar-refractivity contribution < 1.29 is 8.42 Å². The van der Waals surface area contributed by atoms with Gasteiger partial charge < -0.3 is 16.4 Å². The summed E-state index contributed by atoms with van der Waals surface area (Å²) in [5, 5.41) is 10.0. The van der Waals surface area contributed by atoms with Gasteiger partial charge in [0.1, 0.15) is 11.7 Å². The zero-order valence-corrected chi connectivity index (χ0v) is 22.0. The van der Waals surface area contributed by atoms with Crippen molar-refractivity contribution in [3.8, 4) is 6.07 Å². The number of piperidine rings is 2. The number of nitrogens with two attached hydrogens (primary N) is 2. The van der Waals surface area contributed by atoms with E-state index in [1.807, 2.05) is 19.2 Å². The second kappa shape index (κ2) is 9.89. The number of amidine groups is 1. The lowest BCUT2D eigenvalue weighted by molar-refractivity contribution is 0.0932. The average molecular weight is 524 g/mol. The standard InChI is InChI=1S/C25H33N9O2S/c1-16(27)9-23(28)30-24-12-22-21(7-4-8-29-22)25(31-24)32(2)20-10-18-5-3-6-19(11-20)34(18)37(35,36)33-14-17(13-26)15-33/h4,7-9,12,17-20H,3,5-6,10-11,14-15,27H2,1-2H3,(H2,28,30,31)/b16-9-/t18-,19+,20?. The summed E-state index contributed by atoms with van der Waals surface area (Å²) in [6, 6.07) is 7.77. The van der Waals surface area contributed by atoms with E-state index in [1.165, 1.54) is 4.31 Å². The summed E-state index contributed by atoms with van der Waals surface area (Å²) < 4.78 is 30.1. The highest BCUT2D eigenvalue weighted by Gasteiger charge is 2.49. The highest BCUT2D eigenvalue weighted by atomic mass is 32.2. The first-order valence-corrected chi connectivity index (χ1v) is 14.0. The highest BCUT2D eigenvalue weighted by molar-refractivity contribution is 7.86. The van der Waals surface area contributed by atoms with Crippen LogP contribution in [0.1, 0.15) is 39.0 Å². The van der Waals surface area contributed by atoms with Gasteiger partial charge in [-0.3, -0.25) is 4.98 Å². The molecule has 0 amide bonds. The van der Waals surface area contributed by atoms with Gasteiger partial charge in [0.15, 0.2) is 5.82 Å². The van der Waals surface area contributed by atoms with Gasteiger partial charge in [0.25, 0.3) is 10.2 Å². The SMILES string of the molecule is C/C(N)=C/C(N)=Nc1cc2ncccc2c(N(C)C2C[C@H]3CCC[C@@H](C2)N3S(=O)(=O)N2CC(C#N)C2)n1. The number of nitrogens with zero attached hydrogens (tertiary/aromatic N) is 7. The summed E-state index contributed by atoms with van der Waals surface area (Å²) in [7, 11) is -1.58. The van der Waals surface area contributed by atoms with Gasteiger partial charge in [-0.1, -0.05) is 6.42 Å². The first-order valence-electron chi connectivity index (χ1n) is 12.6. The van der Waals surface area contributed by atoms with Crippen LogP contribution in [0.4, 0.5) is 11.6 Å². The van der Waals surface area contributed by atoms with E-state index in [4.69, 9.17) is 21.7 Å². The molecule has 3 aliphatic rings. The molecule has 0 radical (unpaired) electrons. The number of anilines is 1. The maximum absolute atomic E-state index is 13.5. The minimum absolute atomic E-state index is 0.0787. The molecule has 3 saturated heterocycles. The number of rotatable bonds is 6. The molecule has 2 aromatic heterocycles. The molecule has 196 valence electrons. The molecule has 0 aromatic carbocycles. The number of hydrogen-bond donors (Lipinski definition) is 2. The molecule has 1 unspecified atom stereocenters. The van der Waals surface area contributed by atoms with Crippen LogP contribution in [0.15, 0.2) is 41.2 Å². The van der Waals surface area contributed by atoms with Crippen LogP contribution < -0.4 is 16.4 Å². The van der Waals surface area contributed by atoms with E-state index >= 15 is 0 Å². The van der Waals surface area contributed by atoms with Crippen LogP contribution in [0.2, 0.25) is 0 Å². The van der Waals surface area contributed by atoms with Gasteiger partial charge >= 0.3 is 0 Å². The zero-order chi connectivity index (χ0) is 26.3. The van der Waals surface area contributed by atoms with Crippen LogP contribution in [0.5, 0.6) is 0 Å². The predicted octanol–water partition coefficient (Wildman–Crippen LogP) is 2.00. The quantitative estimate of drug-likeness (QED) is 0.430. The Hall–Kier alpha value is -3.27. The Bertz CT molecular complexity index is 1380. The number of nitriles is 1. The molecular weight excluding hydrogens is 490 g/mol. The fourth-order valence-electron chi connectivity index (χ4n) is 5.79. The first-order chi connectivity index (χ1) is 17.7. The first kappa shape index (κ1) is 25.4. The van der Waals surface area contributed by atoms with E-state index in [-0.39, 0.29) is 43.0 Å². The molecule has 3 aliphatic heterocycles. The van der Waals surface area contributed by atoms with Crippen molar-refractivity contribution in [2.24, 2.45) is 22.4 Å². The Morgan fingerprint density at radius 2 is 1.97 bits per heavy atom. The van der Waals surface area contributed by atoms with E-state index in [9.17, 15) is 8.42 Å². The molecule has 11 nitrogen and oxygen atoms in total. The van der Waals surface area contributed by atoms with Gasteiger partial charge in [-0.2, -0.15) is 22.3 Å². The maximum Gasteiger partial charge on any atom is 0.282 e. The fourth-order valence-corrected chi connectivity index (χ4v) is 7.93. The molecule has 37 heavy (non-hydrogen) atoms. The molecular formula is C25H33N9O2S. The molecule has 0 spiro atoms. The van der Waals surface area contributed by atoms with E-state index in [0.29, 0.717) is 24.4 Å². The number of allylic oxidation sites excluding steroid dienone is 1. The summed E-state index contributed by atoms with van der Waals surface area (Å²) in [5.41, 5.74) is 13.1. The minimum atomic E-state index is -3.58. The topological polar surface area (TPSA) is 158 Å². The molecule has 2 bridgehead atoms. The maximum atomic E-state index is 13.5. The van der Waals surface area contributed by atoms with Crippen molar-refractivity contribution in [3.63, 3.8) is 0 Å². The number of aromatic nitrogens is 2. The highest BCUT2D eigenvalue weighted by Crippen LogP contribution is 2.41. The predicted molar refractivity (Wildman–Crippen MR) is 143 cm³/mol. The van der Waals surface area contributed by atoms with Crippen LogP contribution in [-0.4, -0.2) is 71.1 Å². The van der Waals surface area contributed by atoms with Gasteiger partial charge in [-0.25, -0.2) is 9.98 Å². The lowest BCUT2D eigenvalue weighted by Crippen LogP contribution is -2.64. The number of pyridine rings is 2. The second-order valence-electron chi connectivity index (χ2n) is 10.3. The van der Waals surface area contributed by atoms with Crippen LogP contribution in [0.3, 0.4) is 0 Å². The number of aliphatic imine (C=N–C) groups is 1. The lowest BCUT2D eigenvalue weighted by Gasteiger charge is -2.52. The zero-order valence-electron chi connectivity index (χ0n) is 21.2. The summed E-state index contributed by atoms with van der Waals surface area (Å²) in [6.07, 6.45) is 7.40. The molecule has 3 atom stereocenters. The third-order valence-corrected chi connectivity index (χ3v) is 9.65. The fraction of sp³-hybridized carbons (Fsp3) is 0.520. The molecule has 4 N–H and O–H groups in total. The van der Waals surface area contributed by atoms with Crippen molar-refractivity contribution in [2.45, 2.75) is 57.2 Å². The summed E-state index contributed by atoms with van der Waals surface area (Å²) in [6.45, 7) is 2.32. The molecule has 0 saturated carbocycles. The van der Waals surface area contributed by atoms with Gasteiger partial charge in [-0.05, 0) is 50.8 Å². The molecule has 5 heterocycles. The van der Waals surface area contributed by atoms with E-state index < -0.39 is 10.2 Å². The average Bonchev–Trinajstić information content (AvgIpc) is 2.81. The van der Waals surface area contributed by atoms with Crippen molar-refractivity contribution in [3.05, 3.63) is 36.2 Å². The van der Waals surface area contributed by atoms with Gasteiger partial charge in [0, 0.05) is 61.6 Å². The van der Waals surface area contributed by atoms with Crippen LogP contribution in [0.25, 0.3) is 10.9 Å². The van der Waals surface area contributed by atoms with E-state index in [0.717, 1.165) is 36.0 Å². The van der Waals surface area contributed by atoms with Gasteiger partial charge in [-0.15, -0.1) is 0 Å². The minimum Gasteiger partial charge on any atom is -0.402 e. The van der Waals surface area contributed by atoms with Gasteiger partial charge in [0.05, 0.1) is 17.5 Å². The van der Waals surface area contributed by atoms with Crippen LogP contribution >= 0.6 is 0 Å². The third-order valence-electron chi connectivity index (χ3n) is 7.57. The summed E-state index contributed by atoms with van der Waals surface area (Å²) in [4.78, 5) is 15.9. The van der Waals surface area contributed by atoms with Crippen molar-refractivity contribution in [2.75, 3.05) is 25.0 Å². The Kier molecular flexibility index (Phi) is 6.78. The lowest BCUT2D eigenvalue weighted by atomic mass is 9.83. The molecule has 5 rings (SSSR count). The Balaban J connectivity index is 1.44. The van der Waals surface area contributed by atoms with E-state index in [1.54, 1.807) is 29.6 Å².